The van der Waals surface area contributed by atoms with Gasteiger partial charge >= 0.3 is 0 Å². The van der Waals surface area contributed by atoms with Crippen LogP contribution in [0.4, 0.5) is 0 Å². The molecule has 3 rings (SSSR count). The molecule has 2 aromatic rings. The van der Waals surface area contributed by atoms with E-state index in [2.05, 4.69) is 28.0 Å². The lowest BCUT2D eigenvalue weighted by atomic mass is 9.92. The normalized spacial score (nSPS) is 18.6. The predicted octanol–water partition coefficient (Wildman–Crippen LogP) is 2.46. The molecule has 3 nitrogen and oxygen atoms in total. The van der Waals surface area contributed by atoms with Gasteiger partial charge in [-0.25, -0.2) is 0 Å². The molecule has 0 fully saturated rings. The van der Waals surface area contributed by atoms with E-state index in [1.54, 1.807) is 0 Å². The molecule has 0 saturated carbocycles. The van der Waals surface area contributed by atoms with Crippen molar-refractivity contribution in [1.82, 2.24) is 9.55 Å². The van der Waals surface area contributed by atoms with Gasteiger partial charge in [0.1, 0.15) is 0 Å². The van der Waals surface area contributed by atoms with Gasteiger partial charge in [0.15, 0.2) is 0 Å². The maximum absolute atomic E-state index is 6.14. The molecule has 0 bridgehead atoms. The van der Waals surface area contributed by atoms with Gasteiger partial charge in [-0.15, -0.1) is 0 Å². The van der Waals surface area contributed by atoms with Crippen LogP contribution in [0.1, 0.15) is 35.7 Å². The Hall–Kier alpha value is -1.61. The molecule has 1 aliphatic carbocycles. The Kier molecular flexibility index (Phi) is 3.15. The highest BCUT2D eigenvalue weighted by atomic mass is 14.9. The Bertz CT molecular complexity index is 516. The van der Waals surface area contributed by atoms with E-state index < -0.39 is 0 Å². The summed E-state index contributed by atoms with van der Waals surface area (Å²) in [6, 6.07) is 6.31. The Labute approximate surface area is 108 Å². The van der Waals surface area contributed by atoms with E-state index in [0.29, 0.717) is 0 Å². The third kappa shape index (κ3) is 2.31. The lowest BCUT2D eigenvalue weighted by molar-refractivity contribution is 0.573. The zero-order valence-corrected chi connectivity index (χ0v) is 10.5. The molecule has 0 saturated heterocycles. The second-order valence-corrected chi connectivity index (χ2v) is 5.05. The van der Waals surface area contributed by atoms with Crippen molar-refractivity contribution in [1.29, 1.82) is 0 Å². The van der Waals surface area contributed by atoms with Crippen LogP contribution in [0.5, 0.6) is 0 Å². The standard InChI is InChI=1S/C15H19N3/c16-15-6-3-4-12-10-18(11-14(12)15)9-7-13-5-1-2-8-17-13/h1-2,5,8,10-11,15H,3-4,6-7,9,16H2. The number of aryl methyl sites for hydroxylation is 3. The lowest BCUT2D eigenvalue weighted by Gasteiger charge is -2.17. The quantitative estimate of drug-likeness (QED) is 0.897. The molecule has 2 aromatic heterocycles. The molecular formula is C15H19N3. The van der Waals surface area contributed by atoms with Gasteiger partial charge < -0.3 is 10.3 Å². The summed E-state index contributed by atoms with van der Waals surface area (Å²) in [4.78, 5) is 4.35. The summed E-state index contributed by atoms with van der Waals surface area (Å²) in [5.74, 6) is 0. The van der Waals surface area contributed by atoms with Crippen molar-refractivity contribution in [3.8, 4) is 0 Å². The molecule has 1 aliphatic rings. The summed E-state index contributed by atoms with van der Waals surface area (Å²) in [5.41, 5.74) is 10.1. The van der Waals surface area contributed by atoms with Crippen molar-refractivity contribution < 1.29 is 0 Å². The average molecular weight is 241 g/mol. The van der Waals surface area contributed by atoms with E-state index in [-0.39, 0.29) is 6.04 Å². The minimum Gasteiger partial charge on any atom is -0.353 e. The van der Waals surface area contributed by atoms with Crippen LogP contribution in [0.2, 0.25) is 0 Å². The summed E-state index contributed by atoms with van der Waals surface area (Å²) >= 11 is 0. The first-order valence-corrected chi connectivity index (χ1v) is 6.67. The molecule has 0 spiro atoms. The number of hydrogen-bond acceptors (Lipinski definition) is 2. The fourth-order valence-electron chi connectivity index (χ4n) is 2.70. The van der Waals surface area contributed by atoms with Crippen LogP contribution in [-0.4, -0.2) is 9.55 Å². The molecule has 1 unspecified atom stereocenters. The number of nitrogens with two attached hydrogens (primary N) is 1. The Morgan fingerprint density at radius 2 is 2.28 bits per heavy atom. The van der Waals surface area contributed by atoms with Crippen molar-refractivity contribution in [3.63, 3.8) is 0 Å². The minimum absolute atomic E-state index is 0.241. The fraction of sp³-hybridized carbons (Fsp3) is 0.400. The number of hydrogen-bond donors (Lipinski definition) is 1. The summed E-state index contributed by atoms with van der Waals surface area (Å²) in [7, 11) is 0. The van der Waals surface area contributed by atoms with E-state index in [1.165, 1.54) is 24.0 Å². The monoisotopic (exact) mass is 241 g/mol. The molecule has 0 aromatic carbocycles. The third-order valence-corrected chi connectivity index (χ3v) is 3.71. The van der Waals surface area contributed by atoms with Gasteiger partial charge in [-0.3, -0.25) is 4.98 Å². The molecule has 2 heterocycles. The van der Waals surface area contributed by atoms with Crippen LogP contribution in [0.3, 0.4) is 0 Å². The van der Waals surface area contributed by atoms with Crippen molar-refractivity contribution in [3.05, 3.63) is 53.6 Å². The topological polar surface area (TPSA) is 43.8 Å². The minimum atomic E-state index is 0.241. The molecule has 1 atom stereocenters. The second-order valence-electron chi connectivity index (χ2n) is 5.05. The lowest BCUT2D eigenvalue weighted by Crippen LogP contribution is -2.15. The Balaban J connectivity index is 1.70. The zero-order valence-electron chi connectivity index (χ0n) is 10.5. The van der Waals surface area contributed by atoms with E-state index in [4.69, 9.17) is 5.73 Å². The summed E-state index contributed by atoms with van der Waals surface area (Å²) in [6.07, 6.45) is 10.8. The van der Waals surface area contributed by atoms with E-state index in [0.717, 1.165) is 25.1 Å². The van der Waals surface area contributed by atoms with Gasteiger partial charge in [0.2, 0.25) is 0 Å². The van der Waals surface area contributed by atoms with E-state index >= 15 is 0 Å². The van der Waals surface area contributed by atoms with E-state index in [1.807, 2.05) is 18.3 Å². The number of fused-ring (bicyclic) bond motifs is 1. The molecule has 2 N–H and O–H groups in total. The largest absolute Gasteiger partial charge is 0.353 e. The van der Waals surface area contributed by atoms with Gasteiger partial charge in [-0.2, -0.15) is 0 Å². The predicted molar refractivity (Wildman–Crippen MR) is 72.2 cm³/mol. The number of pyridine rings is 1. The smallest absolute Gasteiger partial charge is 0.0421 e. The van der Waals surface area contributed by atoms with Crippen molar-refractivity contribution in [2.45, 2.75) is 38.3 Å². The maximum atomic E-state index is 6.14. The fourth-order valence-corrected chi connectivity index (χ4v) is 2.70. The molecular weight excluding hydrogens is 222 g/mol. The number of aromatic nitrogens is 2. The van der Waals surface area contributed by atoms with Gasteiger partial charge in [0.05, 0.1) is 0 Å². The molecule has 3 heteroatoms. The van der Waals surface area contributed by atoms with Crippen LogP contribution in [-0.2, 0) is 19.4 Å². The van der Waals surface area contributed by atoms with Crippen LogP contribution in [0.25, 0.3) is 0 Å². The van der Waals surface area contributed by atoms with Crippen LogP contribution in [0.15, 0.2) is 36.8 Å². The second kappa shape index (κ2) is 4.94. The molecule has 18 heavy (non-hydrogen) atoms. The third-order valence-electron chi connectivity index (χ3n) is 3.71. The molecule has 0 amide bonds. The summed E-state index contributed by atoms with van der Waals surface area (Å²) < 4.78 is 2.27. The molecule has 0 radical (unpaired) electrons. The van der Waals surface area contributed by atoms with Gasteiger partial charge in [0.25, 0.3) is 0 Å². The van der Waals surface area contributed by atoms with Gasteiger partial charge in [0, 0.05) is 43.3 Å². The summed E-state index contributed by atoms with van der Waals surface area (Å²) in [5, 5.41) is 0. The van der Waals surface area contributed by atoms with Crippen molar-refractivity contribution >= 4 is 0 Å². The average Bonchev–Trinajstić information content (AvgIpc) is 2.82. The van der Waals surface area contributed by atoms with Gasteiger partial charge in [-0.1, -0.05) is 6.07 Å². The van der Waals surface area contributed by atoms with Gasteiger partial charge in [-0.05, 0) is 42.5 Å². The highest BCUT2D eigenvalue weighted by Gasteiger charge is 2.18. The van der Waals surface area contributed by atoms with Crippen molar-refractivity contribution in [2.75, 3.05) is 0 Å². The highest BCUT2D eigenvalue weighted by molar-refractivity contribution is 5.30. The van der Waals surface area contributed by atoms with Crippen LogP contribution < -0.4 is 5.73 Å². The number of nitrogens with zero attached hydrogens (tertiary/aromatic N) is 2. The number of rotatable bonds is 3. The van der Waals surface area contributed by atoms with Crippen molar-refractivity contribution in [2.24, 2.45) is 5.73 Å². The first kappa shape index (κ1) is 11.5. The maximum Gasteiger partial charge on any atom is 0.0421 e. The summed E-state index contributed by atoms with van der Waals surface area (Å²) in [6.45, 7) is 0.983. The first-order valence-electron chi connectivity index (χ1n) is 6.67. The van der Waals surface area contributed by atoms with Crippen LogP contribution in [0, 0.1) is 0 Å². The zero-order chi connectivity index (χ0) is 12.4. The van der Waals surface area contributed by atoms with Crippen LogP contribution >= 0.6 is 0 Å². The highest BCUT2D eigenvalue weighted by Crippen LogP contribution is 2.28. The van der Waals surface area contributed by atoms with E-state index in [9.17, 15) is 0 Å². The first-order chi connectivity index (χ1) is 8.83. The molecule has 94 valence electrons. The Morgan fingerprint density at radius 3 is 3.06 bits per heavy atom. The Morgan fingerprint density at radius 1 is 1.33 bits per heavy atom. The molecule has 0 aliphatic heterocycles. The SMILES string of the molecule is NC1CCCc2cn(CCc3ccccn3)cc21.